The molecule has 1 fully saturated rings. The van der Waals surface area contributed by atoms with Crippen LogP contribution in [0.3, 0.4) is 0 Å². The van der Waals surface area contributed by atoms with Crippen molar-refractivity contribution in [1.29, 1.82) is 0 Å². The number of fused-ring (bicyclic) bond motifs is 1. The Balaban J connectivity index is 0.984. The first kappa shape index (κ1) is 35.2. The number of piperidine rings is 1. The number of rotatable bonds is 12. The summed E-state index contributed by atoms with van der Waals surface area (Å²) in [6, 6.07) is 18.5. The molecule has 2 atom stereocenters. The van der Waals surface area contributed by atoms with Crippen molar-refractivity contribution in [3.63, 3.8) is 0 Å². The van der Waals surface area contributed by atoms with Crippen molar-refractivity contribution < 1.29 is 23.7 Å². The predicted molar refractivity (Wildman–Crippen MR) is 201 cm³/mol. The van der Waals surface area contributed by atoms with Gasteiger partial charge in [0, 0.05) is 59.7 Å². The van der Waals surface area contributed by atoms with Gasteiger partial charge in [-0.1, -0.05) is 34.6 Å². The Morgan fingerprint density at radius 1 is 0.808 bits per heavy atom. The first-order valence-corrected chi connectivity index (χ1v) is 18.1. The molecule has 2 amide bonds. The molecule has 4 heterocycles. The van der Waals surface area contributed by atoms with Crippen molar-refractivity contribution in [3.05, 3.63) is 94.2 Å². The highest BCUT2D eigenvalue weighted by Gasteiger charge is 2.39. The Morgan fingerprint density at radius 3 is 2.12 bits per heavy atom. The normalized spacial score (nSPS) is 17.3. The van der Waals surface area contributed by atoms with Crippen LogP contribution >= 0.6 is 0 Å². The molecule has 5 aromatic rings. The molecular formula is C41H46N6O5. The van der Waals surface area contributed by atoms with Crippen LogP contribution in [-0.4, -0.2) is 51.3 Å². The second kappa shape index (κ2) is 14.8. The van der Waals surface area contributed by atoms with E-state index in [2.05, 4.69) is 75.7 Å². The number of amides is 2. The SMILES string of the molecule is Cc1ccc(-c2c(C)noc2C)cc1-c1cc(-c2c(C)noc2C)ccc1NCCCCCNc1ccc2c(c1)CN(C1CCC(=O)NC1=O)C2O. The highest BCUT2D eigenvalue weighted by Crippen LogP contribution is 2.40. The Bertz CT molecular complexity index is 2090. The van der Waals surface area contributed by atoms with Gasteiger partial charge in [0.2, 0.25) is 11.8 Å². The second-order valence-electron chi connectivity index (χ2n) is 14.0. The molecule has 3 aromatic carbocycles. The van der Waals surface area contributed by atoms with E-state index in [1.54, 1.807) is 4.90 Å². The summed E-state index contributed by atoms with van der Waals surface area (Å²) in [5.41, 5.74) is 13.2. The summed E-state index contributed by atoms with van der Waals surface area (Å²) in [6.45, 7) is 12.1. The summed E-state index contributed by atoms with van der Waals surface area (Å²) in [5.74, 6) is 1.01. The Hall–Kier alpha value is -5.26. The van der Waals surface area contributed by atoms with Crippen LogP contribution in [-0.2, 0) is 16.1 Å². The summed E-state index contributed by atoms with van der Waals surface area (Å²) in [6.07, 6.45) is 2.89. The van der Waals surface area contributed by atoms with Crippen LogP contribution < -0.4 is 16.0 Å². The van der Waals surface area contributed by atoms with Gasteiger partial charge in [0.15, 0.2) is 0 Å². The summed E-state index contributed by atoms with van der Waals surface area (Å²) < 4.78 is 11.0. The number of hydrogen-bond acceptors (Lipinski definition) is 10. The van der Waals surface area contributed by atoms with E-state index in [9.17, 15) is 14.7 Å². The summed E-state index contributed by atoms with van der Waals surface area (Å²) in [4.78, 5) is 25.8. The lowest BCUT2D eigenvalue weighted by Gasteiger charge is -2.31. The fourth-order valence-corrected chi connectivity index (χ4v) is 7.66. The minimum atomic E-state index is -0.858. The smallest absolute Gasteiger partial charge is 0.244 e. The predicted octanol–water partition coefficient (Wildman–Crippen LogP) is 7.51. The third-order valence-electron chi connectivity index (χ3n) is 10.4. The zero-order chi connectivity index (χ0) is 36.5. The van der Waals surface area contributed by atoms with E-state index in [0.717, 1.165) is 111 Å². The van der Waals surface area contributed by atoms with Gasteiger partial charge >= 0.3 is 0 Å². The quantitative estimate of drug-likeness (QED) is 0.0761. The zero-order valence-corrected chi connectivity index (χ0v) is 30.4. The molecule has 2 aromatic heterocycles. The van der Waals surface area contributed by atoms with E-state index < -0.39 is 12.3 Å². The molecule has 2 aliphatic rings. The first-order chi connectivity index (χ1) is 25.1. The highest BCUT2D eigenvalue weighted by molar-refractivity contribution is 6.00. The van der Waals surface area contributed by atoms with Crippen molar-refractivity contribution in [3.8, 4) is 33.4 Å². The van der Waals surface area contributed by atoms with E-state index in [0.29, 0.717) is 13.0 Å². The fraction of sp³-hybridized carbons (Fsp3) is 0.366. The lowest BCUT2D eigenvalue weighted by Crippen LogP contribution is -2.51. The number of aromatic nitrogens is 2. The average Bonchev–Trinajstić information content (AvgIpc) is 3.76. The van der Waals surface area contributed by atoms with E-state index in [1.165, 1.54) is 5.56 Å². The molecule has 0 aliphatic carbocycles. The number of carbonyl (C=O) groups excluding carboxylic acids is 2. The number of aryl methyl sites for hydroxylation is 5. The van der Waals surface area contributed by atoms with Gasteiger partial charge in [0.1, 0.15) is 17.7 Å². The monoisotopic (exact) mass is 702 g/mol. The topological polar surface area (TPSA) is 146 Å². The van der Waals surface area contributed by atoms with Gasteiger partial charge in [-0.05, 0) is 118 Å². The van der Waals surface area contributed by atoms with Crippen LogP contribution in [0.25, 0.3) is 33.4 Å². The first-order valence-electron chi connectivity index (χ1n) is 18.1. The minimum Gasteiger partial charge on any atom is -0.385 e. The van der Waals surface area contributed by atoms with Gasteiger partial charge in [0.25, 0.3) is 0 Å². The standard InChI is InChI=1S/C41H46N6O5/c1-23-9-10-28(38-24(2)45-51-26(38)4)20-33(23)34-21-29(39-25(3)46-52-27(39)5)11-14-35(34)43-18-8-6-7-17-42-31-12-13-32-30(19-31)22-47(41(32)50)36-15-16-37(48)44-40(36)49/h9-14,19-21,36,41-43,50H,6-8,15-18,22H2,1-5H3,(H,44,48,49). The van der Waals surface area contributed by atoms with Crippen LogP contribution in [0, 0.1) is 34.6 Å². The maximum absolute atomic E-state index is 12.4. The van der Waals surface area contributed by atoms with E-state index in [4.69, 9.17) is 9.05 Å². The van der Waals surface area contributed by atoms with Gasteiger partial charge in [-0.2, -0.15) is 0 Å². The van der Waals surface area contributed by atoms with E-state index >= 15 is 0 Å². The van der Waals surface area contributed by atoms with E-state index in [-0.39, 0.29) is 18.2 Å². The lowest BCUT2D eigenvalue weighted by atomic mass is 9.91. The number of aliphatic hydroxyl groups excluding tert-OH is 1. The van der Waals surface area contributed by atoms with Crippen molar-refractivity contribution >= 4 is 23.2 Å². The Kier molecular flexibility index (Phi) is 9.98. The number of unbranched alkanes of at least 4 members (excludes halogenated alkanes) is 2. The number of aliphatic hydroxyl groups is 1. The molecule has 4 N–H and O–H groups in total. The molecule has 0 radical (unpaired) electrons. The molecule has 2 unspecified atom stereocenters. The molecule has 0 bridgehead atoms. The van der Waals surface area contributed by atoms with Crippen LogP contribution in [0.15, 0.2) is 63.6 Å². The fourth-order valence-electron chi connectivity index (χ4n) is 7.66. The van der Waals surface area contributed by atoms with Gasteiger partial charge in [-0.15, -0.1) is 0 Å². The minimum absolute atomic E-state index is 0.256. The maximum atomic E-state index is 12.4. The number of anilines is 2. The molecule has 270 valence electrons. The van der Waals surface area contributed by atoms with Gasteiger partial charge in [-0.25, -0.2) is 0 Å². The number of nitrogens with one attached hydrogen (secondary N) is 3. The molecule has 11 heteroatoms. The van der Waals surface area contributed by atoms with Crippen molar-refractivity contribution in [2.24, 2.45) is 0 Å². The van der Waals surface area contributed by atoms with Crippen molar-refractivity contribution in [1.82, 2.24) is 20.5 Å². The number of imide groups is 1. The number of hydrogen-bond donors (Lipinski definition) is 4. The van der Waals surface area contributed by atoms with E-state index in [1.807, 2.05) is 39.8 Å². The molecule has 11 nitrogen and oxygen atoms in total. The number of benzene rings is 3. The van der Waals surface area contributed by atoms with Crippen LogP contribution in [0.2, 0.25) is 0 Å². The summed E-state index contributed by atoms with van der Waals surface area (Å²) in [7, 11) is 0. The molecular weight excluding hydrogens is 656 g/mol. The largest absolute Gasteiger partial charge is 0.385 e. The van der Waals surface area contributed by atoms with Crippen LogP contribution in [0.1, 0.15) is 77.9 Å². The van der Waals surface area contributed by atoms with Crippen molar-refractivity contribution in [2.75, 3.05) is 23.7 Å². The van der Waals surface area contributed by atoms with Gasteiger partial charge in [0.05, 0.1) is 17.4 Å². The lowest BCUT2D eigenvalue weighted by molar-refractivity contribution is -0.141. The average molecular weight is 703 g/mol. The summed E-state index contributed by atoms with van der Waals surface area (Å²) in [5, 5.41) is 29.0. The van der Waals surface area contributed by atoms with Gasteiger partial charge < -0.3 is 24.8 Å². The van der Waals surface area contributed by atoms with Crippen LogP contribution in [0.4, 0.5) is 11.4 Å². The second-order valence-corrected chi connectivity index (χ2v) is 14.0. The molecule has 1 saturated heterocycles. The molecule has 7 rings (SSSR count). The zero-order valence-electron chi connectivity index (χ0n) is 30.4. The number of nitrogens with zero attached hydrogens (tertiary/aromatic N) is 3. The van der Waals surface area contributed by atoms with Gasteiger partial charge in [-0.3, -0.25) is 19.8 Å². The molecule has 2 aliphatic heterocycles. The maximum Gasteiger partial charge on any atom is 0.244 e. The molecule has 0 spiro atoms. The molecule has 0 saturated carbocycles. The van der Waals surface area contributed by atoms with Crippen LogP contribution in [0.5, 0.6) is 0 Å². The molecule has 52 heavy (non-hydrogen) atoms. The summed E-state index contributed by atoms with van der Waals surface area (Å²) >= 11 is 0. The number of carbonyl (C=O) groups is 2. The Labute approximate surface area is 303 Å². The Morgan fingerprint density at radius 2 is 1.46 bits per heavy atom. The third-order valence-corrected chi connectivity index (χ3v) is 10.4. The highest BCUT2D eigenvalue weighted by atomic mass is 16.5. The third kappa shape index (κ3) is 6.98. The van der Waals surface area contributed by atoms with Crippen molar-refractivity contribution in [2.45, 2.75) is 85.5 Å².